The minimum absolute atomic E-state index is 0.0123. The van der Waals surface area contributed by atoms with Crippen molar-refractivity contribution < 1.29 is 10.2 Å². The highest BCUT2D eigenvalue weighted by atomic mass is 16.3. The largest absolute Gasteiger partial charge is 0.395 e. The van der Waals surface area contributed by atoms with Crippen LogP contribution in [0.1, 0.15) is 30.9 Å². The molecule has 0 amide bonds. The fraction of sp³-hybridized carbons (Fsp3) is 0.400. The molecule has 1 saturated heterocycles. The first-order chi connectivity index (χ1) is 11.3. The zero-order valence-corrected chi connectivity index (χ0v) is 13.4. The number of hydrogen-bond acceptors (Lipinski definition) is 3. The van der Waals surface area contributed by atoms with Gasteiger partial charge < -0.3 is 10.2 Å². The predicted molar refractivity (Wildman–Crippen MR) is 93.1 cm³/mol. The molecule has 1 aliphatic heterocycles. The quantitative estimate of drug-likeness (QED) is 0.891. The van der Waals surface area contributed by atoms with E-state index in [0.29, 0.717) is 0 Å². The summed E-state index contributed by atoms with van der Waals surface area (Å²) in [6.45, 7) is 1.91. The van der Waals surface area contributed by atoms with Crippen molar-refractivity contribution in [3.63, 3.8) is 0 Å². The van der Waals surface area contributed by atoms with Gasteiger partial charge in [-0.25, -0.2) is 0 Å². The van der Waals surface area contributed by atoms with Crippen LogP contribution in [0.2, 0.25) is 0 Å². The number of likely N-dealkylation sites (tertiary alicyclic amines) is 1. The molecule has 3 nitrogen and oxygen atoms in total. The van der Waals surface area contributed by atoms with Crippen LogP contribution in [0.25, 0.3) is 11.1 Å². The van der Waals surface area contributed by atoms with Crippen molar-refractivity contribution in [1.29, 1.82) is 0 Å². The van der Waals surface area contributed by atoms with Crippen LogP contribution in [0.15, 0.2) is 54.6 Å². The maximum Gasteiger partial charge on any atom is 0.0967 e. The Morgan fingerprint density at radius 1 is 0.826 bits per heavy atom. The van der Waals surface area contributed by atoms with Gasteiger partial charge in [0, 0.05) is 0 Å². The second-order valence-electron chi connectivity index (χ2n) is 6.28. The Hall–Kier alpha value is -1.68. The van der Waals surface area contributed by atoms with Crippen molar-refractivity contribution in [2.75, 3.05) is 19.7 Å². The van der Waals surface area contributed by atoms with Gasteiger partial charge in [0.1, 0.15) is 0 Å². The summed E-state index contributed by atoms with van der Waals surface area (Å²) in [5.74, 6) is 0. The number of nitrogens with zero attached hydrogens (tertiary/aromatic N) is 1. The molecular weight excluding hydrogens is 286 g/mol. The van der Waals surface area contributed by atoms with Gasteiger partial charge in [-0.15, -0.1) is 0 Å². The minimum atomic E-state index is -0.650. The van der Waals surface area contributed by atoms with Crippen LogP contribution in [-0.4, -0.2) is 40.9 Å². The summed E-state index contributed by atoms with van der Waals surface area (Å²) in [5, 5.41) is 20.4. The van der Waals surface area contributed by atoms with E-state index in [0.717, 1.165) is 37.1 Å². The molecule has 0 radical (unpaired) electrons. The van der Waals surface area contributed by atoms with Crippen LogP contribution in [0.5, 0.6) is 0 Å². The van der Waals surface area contributed by atoms with Crippen molar-refractivity contribution in [2.45, 2.75) is 31.4 Å². The predicted octanol–water partition coefficient (Wildman–Crippen LogP) is 3.23. The summed E-state index contributed by atoms with van der Waals surface area (Å²) in [7, 11) is 0. The molecule has 3 rings (SSSR count). The first kappa shape index (κ1) is 16.2. The molecule has 2 aromatic rings. The molecular formula is C20H25NO2. The molecule has 3 heteroatoms. The maximum atomic E-state index is 10.7. The van der Waals surface area contributed by atoms with Gasteiger partial charge in [-0.05, 0) is 42.6 Å². The molecule has 0 aliphatic carbocycles. The van der Waals surface area contributed by atoms with E-state index >= 15 is 0 Å². The van der Waals surface area contributed by atoms with Crippen LogP contribution < -0.4 is 0 Å². The van der Waals surface area contributed by atoms with Gasteiger partial charge in [-0.2, -0.15) is 0 Å². The maximum absolute atomic E-state index is 10.7. The summed E-state index contributed by atoms with van der Waals surface area (Å²) in [6, 6.07) is 18.0. The van der Waals surface area contributed by atoms with Gasteiger partial charge in [0.2, 0.25) is 0 Å². The molecule has 122 valence electrons. The van der Waals surface area contributed by atoms with E-state index in [2.05, 4.69) is 17.0 Å². The molecule has 0 saturated carbocycles. The van der Waals surface area contributed by atoms with Gasteiger partial charge in [-0.3, -0.25) is 4.90 Å². The number of aliphatic hydroxyl groups excluding tert-OH is 2. The van der Waals surface area contributed by atoms with Crippen LogP contribution in [0.4, 0.5) is 0 Å². The Morgan fingerprint density at radius 3 is 2.04 bits per heavy atom. The molecule has 1 aliphatic rings. The first-order valence-electron chi connectivity index (χ1n) is 8.48. The lowest BCUT2D eigenvalue weighted by molar-refractivity contribution is 0.00597. The monoisotopic (exact) mass is 311 g/mol. The van der Waals surface area contributed by atoms with Gasteiger partial charge in [-0.1, -0.05) is 61.0 Å². The number of hydrogen-bond donors (Lipinski definition) is 2. The zero-order valence-electron chi connectivity index (χ0n) is 13.4. The highest BCUT2D eigenvalue weighted by Gasteiger charge is 2.27. The van der Waals surface area contributed by atoms with Gasteiger partial charge in [0.05, 0.1) is 18.8 Å². The molecule has 2 atom stereocenters. The lowest BCUT2D eigenvalue weighted by Gasteiger charge is -2.36. The molecule has 2 aromatic carbocycles. The average molecular weight is 311 g/mol. The third-order valence-corrected chi connectivity index (χ3v) is 4.77. The summed E-state index contributed by atoms with van der Waals surface area (Å²) in [6.07, 6.45) is 2.89. The smallest absolute Gasteiger partial charge is 0.0967 e. The fourth-order valence-corrected chi connectivity index (χ4v) is 3.39. The van der Waals surface area contributed by atoms with Crippen molar-refractivity contribution in [3.8, 4) is 11.1 Å². The number of piperidine rings is 1. The first-order valence-corrected chi connectivity index (χ1v) is 8.48. The second-order valence-corrected chi connectivity index (χ2v) is 6.28. The third kappa shape index (κ3) is 3.81. The van der Waals surface area contributed by atoms with E-state index in [1.807, 2.05) is 42.5 Å². The molecule has 2 N–H and O–H groups in total. The highest BCUT2D eigenvalue weighted by Crippen LogP contribution is 2.26. The Bertz CT molecular complexity index is 591. The van der Waals surface area contributed by atoms with E-state index in [1.165, 1.54) is 12.0 Å². The third-order valence-electron chi connectivity index (χ3n) is 4.77. The molecule has 0 bridgehead atoms. The number of benzene rings is 2. The van der Waals surface area contributed by atoms with Crippen molar-refractivity contribution in [1.82, 2.24) is 4.90 Å². The molecule has 1 fully saturated rings. The highest BCUT2D eigenvalue weighted by molar-refractivity contribution is 5.63. The minimum Gasteiger partial charge on any atom is -0.395 e. The number of rotatable bonds is 5. The van der Waals surface area contributed by atoms with Gasteiger partial charge in [0.15, 0.2) is 0 Å². The molecule has 1 heterocycles. The van der Waals surface area contributed by atoms with E-state index in [1.54, 1.807) is 0 Å². The summed E-state index contributed by atoms with van der Waals surface area (Å²) in [5.41, 5.74) is 3.18. The lowest BCUT2D eigenvalue weighted by Crippen LogP contribution is -2.45. The SMILES string of the molecule is OCC(C(O)c1ccc(-c2ccccc2)cc1)N1CCCCC1. The zero-order chi connectivity index (χ0) is 16.1. The van der Waals surface area contributed by atoms with Crippen molar-refractivity contribution in [3.05, 3.63) is 60.2 Å². The van der Waals surface area contributed by atoms with Crippen LogP contribution in [0, 0.1) is 0 Å². The lowest BCUT2D eigenvalue weighted by atomic mass is 9.96. The van der Waals surface area contributed by atoms with Crippen LogP contribution >= 0.6 is 0 Å². The van der Waals surface area contributed by atoms with Gasteiger partial charge >= 0.3 is 0 Å². The average Bonchev–Trinajstić information content (AvgIpc) is 2.64. The topological polar surface area (TPSA) is 43.7 Å². The van der Waals surface area contributed by atoms with Crippen molar-refractivity contribution in [2.24, 2.45) is 0 Å². The van der Waals surface area contributed by atoms with E-state index in [-0.39, 0.29) is 12.6 Å². The van der Waals surface area contributed by atoms with E-state index in [9.17, 15) is 10.2 Å². The summed E-state index contributed by atoms with van der Waals surface area (Å²) < 4.78 is 0. The van der Waals surface area contributed by atoms with Crippen LogP contribution in [-0.2, 0) is 0 Å². The number of aliphatic hydroxyl groups is 2. The Balaban J connectivity index is 1.74. The fourth-order valence-electron chi connectivity index (χ4n) is 3.39. The Labute approximate surface area is 138 Å². The Kier molecular flexibility index (Phi) is 5.44. The summed E-state index contributed by atoms with van der Waals surface area (Å²) >= 11 is 0. The van der Waals surface area contributed by atoms with E-state index in [4.69, 9.17) is 0 Å². The summed E-state index contributed by atoms with van der Waals surface area (Å²) in [4.78, 5) is 2.22. The molecule has 2 unspecified atom stereocenters. The standard InChI is InChI=1S/C20H25NO2/c22-15-19(21-13-5-2-6-14-21)20(23)18-11-9-17(10-12-18)16-7-3-1-4-8-16/h1,3-4,7-12,19-20,22-23H,2,5-6,13-15H2. The second kappa shape index (κ2) is 7.73. The molecule has 0 aromatic heterocycles. The molecule has 0 spiro atoms. The van der Waals surface area contributed by atoms with E-state index < -0.39 is 6.10 Å². The van der Waals surface area contributed by atoms with Gasteiger partial charge in [0.25, 0.3) is 0 Å². The Morgan fingerprint density at radius 2 is 1.43 bits per heavy atom. The molecule has 23 heavy (non-hydrogen) atoms. The normalized spacial score (nSPS) is 18.5. The van der Waals surface area contributed by atoms with Crippen molar-refractivity contribution >= 4 is 0 Å². The van der Waals surface area contributed by atoms with Crippen LogP contribution in [0.3, 0.4) is 0 Å².